The standard InChI is InChI=1S/C13H15N5O2/c1-7-4-5-10(6-8(7)2)16-12-11(18(19)20)9(3)15-13(14)17-12/h4-6H,1-3H3,(H3,14,15,16,17). The zero-order valence-corrected chi connectivity index (χ0v) is 11.5. The molecule has 0 amide bonds. The highest BCUT2D eigenvalue weighted by Crippen LogP contribution is 2.29. The van der Waals surface area contributed by atoms with Crippen molar-refractivity contribution in [2.75, 3.05) is 11.1 Å². The molecule has 0 spiro atoms. The summed E-state index contributed by atoms with van der Waals surface area (Å²) in [6.45, 7) is 5.49. The van der Waals surface area contributed by atoms with Gasteiger partial charge in [0.05, 0.1) is 4.92 Å². The van der Waals surface area contributed by atoms with Gasteiger partial charge in [0.25, 0.3) is 0 Å². The zero-order valence-electron chi connectivity index (χ0n) is 11.5. The maximum absolute atomic E-state index is 11.1. The number of nitrogens with two attached hydrogens (primary N) is 1. The van der Waals surface area contributed by atoms with Crippen LogP contribution in [0.1, 0.15) is 16.8 Å². The lowest BCUT2D eigenvalue weighted by atomic mass is 10.1. The van der Waals surface area contributed by atoms with Gasteiger partial charge >= 0.3 is 5.69 Å². The van der Waals surface area contributed by atoms with E-state index in [1.807, 2.05) is 32.0 Å². The molecule has 20 heavy (non-hydrogen) atoms. The Morgan fingerprint density at radius 1 is 1.20 bits per heavy atom. The topological polar surface area (TPSA) is 107 Å². The summed E-state index contributed by atoms with van der Waals surface area (Å²) in [4.78, 5) is 18.3. The van der Waals surface area contributed by atoms with Gasteiger partial charge in [-0.15, -0.1) is 0 Å². The molecule has 0 unspecified atom stereocenters. The number of rotatable bonds is 3. The van der Waals surface area contributed by atoms with Crippen LogP contribution in [0, 0.1) is 30.9 Å². The van der Waals surface area contributed by atoms with Crippen LogP contribution in [0.15, 0.2) is 18.2 Å². The first-order valence-corrected chi connectivity index (χ1v) is 6.01. The average molecular weight is 273 g/mol. The number of nitrogen functional groups attached to an aromatic ring is 1. The fourth-order valence-electron chi connectivity index (χ4n) is 1.85. The van der Waals surface area contributed by atoms with Crippen molar-refractivity contribution >= 4 is 23.1 Å². The number of aryl methyl sites for hydroxylation is 3. The van der Waals surface area contributed by atoms with Crippen molar-refractivity contribution in [3.05, 3.63) is 45.1 Å². The van der Waals surface area contributed by atoms with Crippen molar-refractivity contribution in [1.29, 1.82) is 0 Å². The van der Waals surface area contributed by atoms with Crippen LogP contribution in [0.3, 0.4) is 0 Å². The third kappa shape index (κ3) is 2.66. The number of nitrogens with zero attached hydrogens (tertiary/aromatic N) is 3. The first-order valence-electron chi connectivity index (χ1n) is 6.01. The van der Waals surface area contributed by atoms with Gasteiger partial charge in [-0.25, -0.2) is 4.98 Å². The minimum absolute atomic E-state index is 0.000524. The highest BCUT2D eigenvalue weighted by atomic mass is 16.6. The predicted molar refractivity (Wildman–Crippen MR) is 77.0 cm³/mol. The summed E-state index contributed by atoms with van der Waals surface area (Å²) in [7, 11) is 0. The fraction of sp³-hybridized carbons (Fsp3) is 0.231. The van der Waals surface area contributed by atoms with Gasteiger partial charge in [0, 0.05) is 5.69 Å². The molecule has 0 radical (unpaired) electrons. The molecule has 3 N–H and O–H groups in total. The van der Waals surface area contributed by atoms with Crippen molar-refractivity contribution in [2.45, 2.75) is 20.8 Å². The van der Waals surface area contributed by atoms with Crippen molar-refractivity contribution < 1.29 is 4.92 Å². The molecule has 0 bridgehead atoms. The Kier molecular flexibility index (Phi) is 3.51. The van der Waals surface area contributed by atoms with E-state index in [-0.39, 0.29) is 23.1 Å². The lowest BCUT2D eigenvalue weighted by Crippen LogP contribution is -2.07. The Morgan fingerprint density at radius 3 is 2.50 bits per heavy atom. The maximum Gasteiger partial charge on any atom is 0.332 e. The van der Waals surface area contributed by atoms with Crippen LogP contribution in [0.5, 0.6) is 0 Å². The summed E-state index contributed by atoms with van der Waals surface area (Å²) < 4.78 is 0. The third-order valence-corrected chi connectivity index (χ3v) is 3.03. The molecule has 0 fully saturated rings. The highest BCUT2D eigenvalue weighted by molar-refractivity contribution is 5.68. The normalized spacial score (nSPS) is 10.3. The summed E-state index contributed by atoms with van der Waals surface area (Å²) in [5.41, 5.74) is 8.55. The summed E-state index contributed by atoms with van der Waals surface area (Å²) in [6.07, 6.45) is 0. The molecule has 104 valence electrons. The van der Waals surface area contributed by atoms with Crippen LogP contribution < -0.4 is 11.1 Å². The SMILES string of the molecule is Cc1ccc(Nc2nc(N)nc(C)c2[N+](=O)[O-])cc1C. The molecule has 0 saturated heterocycles. The quantitative estimate of drug-likeness (QED) is 0.657. The van der Waals surface area contributed by atoms with Crippen LogP contribution in [0.2, 0.25) is 0 Å². The van der Waals surface area contributed by atoms with Crippen LogP contribution in [-0.4, -0.2) is 14.9 Å². The van der Waals surface area contributed by atoms with E-state index in [9.17, 15) is 10.1 Å². The van der Waals surface area contributed by atoms with E-state index in [0.717, 1.165) is 11.1 Å². The second-order valence-corrected chi connectivity index (χ2v) is 4.55. The van der Waals surface area contributed by atoms with Crippen LogP contribution in [0.4, 0.5) is 23.1 Å². The van der Waals surface area contributed by atoms with Gasteiger partial charge < -0.3 is 11.1 Å². The number of nitrogens with one attached hydrogen (secondary N) is 1. The van der Waals surface area contributed by atoms with Gasteiger partial charge in [-0.2, -0.15) is 4.98 Å². The monoisotopic (exact) mass is 273 g/mol. The number of anilines is 3. The Morgan fingerprint density at radius 2 is 1.90 bits per heavy atom. The Hall–Kier alpha value is -2.70. The number of nitro groups is 1. The van der Waals surface area contributed by atoms with Gasteiger partial charge in [-0.05, 0) is 44.0 Å². The second kappa shape index (κ2) is 5.12. The van der Waals surface area contributed by atoms with E-state index in [2.05, 4.69) is 15.3 Å². The molecule has 1 aromatic heterocycles. The molecule has 7 heteroatoms. The van der Waals surface area contributed by atoms with E-state index in [1.165, 1.54) is 6.92 Å². The third-order valence-electron chi connectivity index (χ3n) is 3.03. The minimum atomic E-state index is -0.516. The second-order valence-electron chi connectivity index (χ2n) is 4.55. The van der Waals surface area contributed by atoms with Gasteiger partial charge in [0.15, 0.2) is 0 Å². The summed E-state index contributed by atoms with van der Waals surface area (Å²) in [5, 5.41) is 14.0. The molecular formula is C13H15N5O2. The first-order chi connectivity index (χ1) is 9.38. The minimum Gasteiger partial charge on any atom is -0.368 e. The number of hydrogen-bond donors (Lipinski definition) is 2. The van der Waals surface area contributed by atoms with Crippen LogP contribution in [0.25, 0.3) is 0 Å². The Labute approximate surface area is 116 Å². The Bertz CT molecular complexity index is 685. The fourth-order valence-corrected chi connectivity index (χ4v) is 1.85. The van der Waals surface area contributed by atoms with E-state index < -0.39 is 4.92 Å². The van der Waals surface area contributed by atoms with Crippen molar-refractivity contribution in [1.82, 2.24) is 9.97 Å². The van der Waals surface area contributed by atoms with Crippen molar-refractivity contribution in [3.63, 3.8) is 0 Å². The van der Waals surface area contributed by atoms with Crippen molar-refractivity contribution in [2.24, 2.45) is 0 Å². The van der Waals surface area contributed by atoms with E-state index >= 15 is 0 Å². The number of hydrogen-bond acceptors (Lipinski definition) is 6. The number of aromatic nitrogens is 2. The predicted octanol–water partition coefficient (Wildman–Crippen LogP) is 2.64. The molecular weight excluding hydrogens is 258 g/mol. The molecule has 0 aliphatic rings. The molecule has 1 aromatic carbocycles. The molecule has 2 rings (SSSR count). The molecule has 0 aliphatic heterocycles. The highest BCUT2D eigenvalue weighted by Gasteiger charge is 2.21. The van der Waals surface area contributed by atoms with Gasteiger partial charge in [-0.3, -0.25) is 10.1 Å². The van der Waals surface area contributed by atoms with E-state index in [1.54, 1.807) is 0 Å². The van der Waals surface area contributed by atoms with Crippen LogP contribution >= 0.6 is 0 Å². The molecule has 0 saturated carbocycles. The Balaban J connectivity index is 2.47. The van der Waals surface area contributed by atoms with Crippen LogP contribution in [-0.2, 0) is 0 Å². The largest absolute Gasteiger partial charge is 0.368 e. The molecule has 0 atom stereocenters. The number of benzene rings is 1. The lowest BCUT2D eigenvalue weighted by Gasteiger charge is -2.09. The van der Waals surface area contributed by atoms with Crippen molar-refractivity contribution in [3.8, 4) is 0 Å². The van der Waals surface area contributed by atoms with E-state index in [4.69, 9.17) is 5.73 Å². The molecule has 1 heterocycles. The average Bonchev–Trinajstić information content (AvgIpc) is 2.32. The molecule has 0 aliphatic carbocycles. The van der Waals surface area contributed by atoms with Gasteiger partial charge in [0.1, 0.15) is 5.69 Å². The summed E-state index contributed by atoms with van der Waals surface area (Å²) in [6, 6.07) is 5.66. The first kappa shape index (κ1) is 13.7. The summed E-state index contributed by atoms with van der Waals surface area (Å²) >= 11 is 0. The smallest absolute Gasteiger partial charge is 0.332 e. The molecule has 7 nitrogen and oxygen atoms in total. The zero-order chi connectivity index (χ0) is 14.9. The van der Waals surface area contributed by atoms with Gasteiger partial charge in [-0.1, -0.05) is 6.07 Å². The summed E-state index contributed by atoms with van der Waals surface area (Å²) in [5.74, 6) is 0.0997. The molecule has 2 aromatic rings. The lowest BCUT2D eigenvalue weighted by molar-refractivity contribution is -0.385. The maximum atomic E-state index is 11.1. The van der Waals surface area contributed by atoms with Gasteiger partial charge in [0.2, 0.25) is 11.8 Å². The van der Waals surface area contributed by atoms with E-state index in [0.29, 0.717) is 5.69 Å².